The molecule has 4 aliphatic carbocycles. The normalized spacial score (nSPS) is 64.9. The number of rotatable bonds is 1. The van der Waals surface area contributed by atoms with Crippen molar-refractivity contribution in [3.8, 4) is 0 Å². The fraction of sp³-hybridized carbons (Fsp3) is 0.889. The summed E-state index contributed by atoms with van der Waals surface area (Å²) in [6.45, 7) is 0. The molecule has 4 saturated carbocycles. The number of hydrogen-bond acceptors (Lipinski definition) is 0. The van der Waals surface area contributed by atoms with Crippen LogP contribution in [0.3, 0.4) is 0 Å². The molecular weight excluding hydrogens is 268 g/mol. The molecule has 0 aromatic rings. The van der Waals surface area contributed by atoms with E-state index in [2.05, 4.69) is 37.2 Å². The largest absolute Gasteiger partial charge is 0.0847 e. The summed E-state index contributed by atoms with van der Waals surface area (Å²) in [5.41, 5.74) is 0.502. The summed E-state index contributed by atoms with van der Waals surface area (Å²) in [7, 11) is 0. The lowest BCUT2D eigenvalue weighted by molar-refractivity contribution is -0.226. The van der Waals surface area contributed by atoms with Gasteiger partial charge in [-0.1, -0.05) is 38.3 Å². The molecule has 0 saturated heterocycles. The van der Waals surface area contributed by atoms with Gasteiger partial charge in [0.25, 0.3) is 0 Å². The van der Waals surface area contributed by atoms with Crippen LogP contribution in [0.15, 0.2) is 0 Å². The molecule has 0 nitrogen and oxygen atoms in total. The van der Waals surface area contributed by atoms with Gasteiger partial charge in [0.2, 0.25) is 0 Å². The van der Waals surface area contributed by atoms with Crippen molar-refractivity contribution in [2.24, 2.45) is 17.3 Å². The van der Waals surface area contributed by atoms with Gasteiger partial charge >= 0.3 is 0 Å². The third-order valence-corrected chi connectivity index (χ3v) is 6.25. The maximum absolute atomic E-state index is 3.89. The summed E-state index contributed by atoms with van der Waals surface area (Å²) in [5, 5.41) is 3.35. The molecule has 0 amide bonds. The molecule has 0 aliphatic heterocycles. The first kappa shape index (κ1) is 7.37. The van der Waals surface area contributed by atoms with E-state index in [4.69, 9.17) is 0 Å². The second-order valence-corrected chi connectivity index (χ2v) is 6.15. The lowest BCUT2D eigenvalue weighted by atomic mass is 9.28. The number of alkyl halides is 1. The Morgan fingerprint density at radius 2 is 1.91 bits per heavy atom. The highest BCUT2D eigenvalue weighted by atomic mass is 79.9. The maximum Gasteiger partial charge on any atom is 0.0666 e. The van der Waals surface area contributed by atoms with Gasteiger partial charge in [0.1, 0.15) is 0 Å². The summed E-state index contributed by atoms with van der Waals surface area (Å²) in [4.78, 5) is 0. The average Bonchev–Trinajstić information content (AvgIpc) is 2.01. The molecule has 0 aromatic heterocycles. The van der Waals surface area contributed by atoms with E-state index in [1.807, 2.05) is 0 Å². The summed E-state index contributed by atoms with van der Waals surface area (Å²) < 4.78 is 0.562. The molecule has 4 rings (SSSR count). The smallest absolute Gasteiger partial charge is 0.0666 e. The molecular formula is C9H10Br2. The Bertz CT molecular complexity index is 200. The van der Waals surface area contributed by atoms with E-state index in [9.17, 15) is 0 Å². The van der Waals surface area contributed by atoms with Gasteiger partial charge in [-0.25, -0.2) is 0 Å². The molecule has 0 heterocycles. The first-order valence-electron chi connectivity index (χ1n) is 4.31. The van der Waals surface area contributed by atoms with Crippen molar-refractivity contribution in [3.63, 3.8) is 0 Å². The summed E-state index contributed by atoms with van der Waals surface area (Å²) in [6.07, 6.45) is 5.61. The minimum atomic E-state index is 0.502. The third kappa shape index (κ3) is 0.551. The van der Waals surface area contributed by atoms with Crippen molar-refractivity contribution in [1.82, 2.24) is 0 Å². The van der Waals surface area contributed by atoms with Crippen molar-refractivity contribution in [2.45, 2.75) is 30.0 Å². The van der Waals surface area contributed by atoms with Gasteiger partial charge in [-0.05, 0) is 36.5 Å². The van der Waals surface area contributed by atoms with Gasteiger partial charge in [0, 0.05) is 4.32 Å². The Balaban J connectivity index is 1.95. The predicted octanol–water partition coefficient (Wildman–Crippen LogP) is 3.37. The van der Waals surface area contributed by atoms with Crippen molar-refractivity contribution in [1.29, 1.82) is 0 Å². The highest BCUT2D eigenvalue weighted by Crippen LogP contribution is 2.84. The maximum atomic E-state index is 3.89. The van der Waals surface area contributed by atoms with Gasteiger partial charge in [-0.15, -0.1) is 0 Å². The summed E-state index contributed by atoms with van der Waals surface area (Å²) in [5.74, 6) is 1.82. The van der Waals surface area contributed by atoms with Crippen LogP contribution in [-0.2, 0) is 0 Å². The van der Waals surface area contributed by atoms with Crippen molar-refractivity contribution in [2.75, 3.05) is 0 Å². The first-order chi connectivity index (χ1) is 5.24. The van der Waals surface area contributed by atoms with Crippen LogP contribution in [0, 0.1) is 22.6 Å². The van der Waals surface area contributed by atoms with E-state index < -0.39 is 0 Å². The zero-order valence-corrected chi connectivity index (χ0v) is 9.41. The van der Waals surface area contributed by atoms with Crippen LogP contribution >= 0.6 is 31.9 Å². The Morgan fingerprint density at radius 1 is 1.27 bits per heavy atom. The SMILES string of the molecule is Br[C]C12CC3(Br)C1CCCC32. The molecule has 4 aliphatic rings. The van der Waals surface area contributed by atoms with Crippen LogP contribution in [0.1, 0.15) is 25.7 Å². The second-order valence-electron chi connectivity index (χ2n) is 4.27. The standard InChI is InChI=1S/C9H10Br2/c10-5-8-4-9(11)6(8)2-1-3-7(8)9/h6-7H,1-4H2. The minimum absolute atomic E-state index is 0.502. The molecule has 4 bridgehead atoms. The highest BCUT2D eigenvalue weighted by molar-refractivity contribution is 9.10. The molecule has 0 spiro atoms. The Morgan fingerprint density at radius 3 is 2.27 bits per heavy atom. The quantitative estimate of drug-likeness (QED) is 0.645. The Kier molecular flexibility index (Phi) is 1.27. The number of hydrogen-bond donors (Lipinski definition) is 0. The van der Waals surface area contributed by atoms with Gasteiger partial charge in [0.05, 0.1) is 5.33 Å². The molecule has 0 aromatic carbocycles. The van der Waals surface area contributed by atoms with Crippen LogP contribution in [0.2, 0.25) is 0 Å². The highest BCUT2D eigenvalue weighted by Gasteiger charge is 2.81. The molecule has 2 radical (unpaired) electrons. The topological polar surface area (TPSA) is 0 Å². The molecule has 2 heteroatoms. The summed E-state index contributed by atoms with van der Waals surface area (Å²) >= 11 is 7.32. The van der Waals surface area contributed by atoms with E-state index in [0.717, 1.165) is 11.8 Å². The van der Waals surface area contributed by atoms with E-state index in [-0.39, 0.29) is 0 Å². The first-order valence-corrected chi connectivity index (χ1v) is 5.89. The van der Waals surface area contributed by atoms with Crippen molar-refractivity contribution in [3.05, 3.63) is 5.33 Å². The van der Waals surface area contributed by atoms with Crippen LogP contribution < -0.4 is 0 Å². The van der Waals surface area contributed by atoms with Crippen molar-refractivity contribution < 1.29 is 0 Å². The van der Waals surface area contributed by atoms with Gasteiger partial charge in [-0.3, -0.25) is 0 Å². The summed E-state index contributed by atoms with van der Waals surface area (Å²) in [6, 6.07) is 0. The zero-order chi connectivity index (χ0) is 7.69. The van der Waals surface area contributed by atoms with Crippen LogP contribution in [0.5, 0.6) is 0 Å². The van der Waals surface area contributed by atoms with Crippen LogP contribution in [0.4, 0.5) is 0 Å². The zero-order valence-electron chi connectivity index (χ0n) is 6.24. The lowest BCUT2D eigenvalue weighted by Gasteiger charge is -2.81. The van der Waals surface area contributed by atoms with Crippen LogP contribution in [0.25, 0.3) is 0 Å². The van der Waals surface area contributed by atoms with E-state index >= 15 is 0 Å². The van der Waals surface area contributed by atoms with E-state index in [0.29, 0.717) is 9.74 Å². The fourth-order valence-electron chi connectivity index (χ4n) is 3.61. The predicted molar refractivity (Wildman–Crippen MR) is 51.7 cm³/mol. The second kappa shape index (κ2) is 1.89. The third-order valence-electron chi connectivity index (χ3n) is 4.13. The lowest BCUT2D eigenvalue weighted by Crippen LogP contribution is -2.80. The van der Waals surface area contributed by atoms with E-state index in [1.54, 1.807) is 0 Å². The Labute approximate surface area is 84.4 Å². The van der Waals surface area contributed by atoms with Crippen LogP contribution in [-0.4, -0.2) is 4.32 Å². The molecule has 60 valence electrons. The average molecular weight is 278 g/mol. The van der Waals surface area contributed by atoms with Crippen molar-refractivity contribution >= 4 is 31.9 Å². The molecule has 0 N–H and O–H groups in total. The molecule has 4 fully saturated rings. The van der Waals surface area contributed by atoms with Gasteiger partial charge < -0.3 is 0 Å². The molecule has 11 heavy (non-hydrogen) atoms. The monoisotopic (exact) mass is 276 g/mol. The van der Waals surface area contributed by atoms with E-state index in [1.165, 1.54) is 25.7 Å². The fourth-order valence-corrected chi connectivity index (χ4v) is 6.04. The Hall–Kier alpha value is 0.960. The molecule has 2 unspecified atom stereocenters. The minimum Gasteiger partial charge on any atom is -0.0847 e. The van der Waals surface area contributed by atoms with Gasteiger partial charge in [-0.2, -0.15) is 0 Å². The number of halogens is 2. The molecule has 2 atom stereocenters. The van der Waals surface area contributed by atoms with Gasteiger partial charge in [0.15, 0.2) is 0 Å².